The maximum atomic E-state index is 5.99. The summed E-state index contributed by atoms with van der Waals surface area (Å²) in [6.45, 7) is 9.07. The van der Waals surface area contributed by atoms with Gasteiger partial charge in [0, 0.05) is 18.6 Å². The fourth-order valence-corrected chi connectivity index (χ4v) is 3.56. The summed E-state index contributed by atoms with van der Waals surface area (Å²) in [5.74, 6) is 0. The third-order valence-electron chi connectivity index (χ3n) is 4.93. The highest BCUT2D eigenvalue weighted by Gasteiger charge is 2.18. The zero-order valence-corrected chi connectivity index (χ0v) is 13.6. The summed E-state index contributed by atoms with van der Waals surface area (Å²) in [5, 5.41) is 3.71. The van der Waals surface area contributed by atoms with Crippen LogP contribution in [0.1, 0.15) is 65.2 Å². The van der Waals surface area contributed by atoms with Crippen molar-refractivity contribution in [1.82, 2.24) is 10.2 Å². The highest BCUT2D eigenvalue weighted by atomic mass is 16.5. The Morgan fingerprint density at radius 2 is 1.80 bits per heavy atom. The van der Waals surface area contributed by atoms with Gasteiger partial charge in [-0.25, -0.2) is 0 Å². The highest BCUT2D eigenvalue weighted by molar-refractivity contribution is 4.76. The molecular formula is C17H34N2O. The van der Waals surface area contributed by atoms with Gasteiger partial charge in [0.1, 0.15) is 0 Å². The smallest absolute Gasteiger partial charge is 0.0594 e. The van der Waals surface area contributed by atoms with E-state index in [1.807, 2.05) is 0 Å². The van der Waals surface area contributed by atoms with Crippen molar-refractivity contribution in [3.8, 4) is 0 Å². The molecule has 0 aromatic heterocycles. The van der Waals surface area contributed by atoms with Gasteiger partial charge in [-0.1, -0.05) is 19.3 Å². The Labute approximate surface area is 125 Å². The molecule has 1 saturated heterocycles. The first-order valence-electron chi connectivity index (χ1n) is 8.84. The molecule has 2 rings (SSSR count). The fourth-order valence-electron chi connectivity index (χ4n) is 3.56. The lowest BCUT2D eigenvalue weighted by atomic mass is 9.98. The Morgan fingerprint density at radius 3 is 2.55 bits per heavy atom. The SMILES string of the molecule is CC(C)N1CCCC(NCCOC2CCCCC2)CC1. The van der Waals surface area contributed by atoms with Crippen molar-refractivity contribution in [1.29, 1.82) is 0 Å². The van der Waals surface area contributed by atoms with Gasteiger partial charge in [0.15, 0.2) is 0 Å². The summed E-state index contributed by atoms with van der Waals surface area (Å²) in [4.78, 5) is 2.61. The number of hydrogen-bond donors (Lipinski definition) is 1. The molecule has 1 heterocycles. The summed E-state index contributed by atoms with van der Waals surface area (Å²) < 4.78 is 5.99. The van der Waals surface area contributed by atoms with E-state index in [2.05, 4.69) is 24.1 Å². The summed E-state index contributed by atoms with van der Waals surface area (Å²) >= 11 is 0. The maximum Gasteiger partial charge on any atom is 0.0594 e. The molecule has 0 aromatic rings. The lowest BCUT2D eigenvalue weighted by Crippen LogP contribution is -2.35. The molecule has 1 aliphatic heterocycles. The number of likely N-dealkylation sites (tertiary alicyclic amines) is 1. The van der Waals surface area contributed by atoms with Gasteiger partial charge in [-0.3, -0.25) is 0 Å². The summed E-state index contributed by atoms with van der Waals surface area (Å²) in [5.41, 5.74) is 0. The first-order chi connectivity index (χ1) is 9.75. The monoisotopic (exact) mass is 282 g/mol. The predicted molar refractivity (Wildman–Crippen MR) is 85.2 cm³/mol. The third-order valence-corrected chi connectivity index (χ3v) is 4.93. The first kappa shape index (κ1) is 16.3. The van der Waals surface area contributed by atoms with E-state index >= 15 is 0 Å². The van der Waals surface area contributed by atoms with Crippen LogP contribution in [0, 0.1) is 0 Å². The Kier molecular flexibility index (Phi) is 7.32. The van der Waals surface area contributed by atoms with Crippen LogP contribution in [0.5, 0.6) is 0 Å². The van der Waals surface area contributed by atoms with Gasteiger partial charge < -0.3 is 15.0 Å². The Balaban J connectivity index is 1.55. The molecule has 2 fully saturated rings. The molecule has 0 aromatic carbocycles. The lowest BCUT2D eigenvalue weighted by molar-refractivity contribution is 0.0292. The van der Waals surface area contributed by atoms with Gasteiger partial charge in [0.2, 0.25) is 0 Å². The molecule has 1 saturated carbocycles. The van der Waals surface area contributed by atoms with Gasteiger partial charge >= 0.3 is 0 Å². The lowest BCUT2D eigenvalue weighted by Gasteiger charge is -2.24. The van der Waals surface area contributed by atoms with Crippen molar-refractivity contribution >= 4 is 0 Å². The van der Waals surface area contributed by atoms with E-state index in [4.69, 9.17) is 4.74 Å². The molecule has 0 spiro atoms. The Bertz CT molecular complexity index is 251. The molecule has 1 unspecified atom stereocenters. The standard InChI is InChI=1S/C17H34N2O/c1-15(2)19-12-6-7-16(10-13-19)18-11-14-20-17-8-4-3-5-9-17/h15-18H,3-14H2,1-2H3. The van der Waals surface area contributed by atoms with E-state index in [-0.39, 0.29) is 0 Å². The van der Waals surface area contributed by atoms with Crippen LogP contribution in [0.2, 0.25) is 0 Å². The molecule has 0 radical (unpaired) electrons. The zero-order valence-electron chi connectivity index (χ0n) is 13.6. The third kappa shape index (κ3) is 5.71. The van der Waals surface area contributed by atoms with Crippen molar-refractivity contribution < 1.29 is 4.74 Å². The fraction of sp³-hybridized carbons (Fsp3) is 1.00. The van der Waals surface area contributed by atoms with Crippen LogP contribution < -0.4 is 5.32 Å². The predicted octanol–water partition coefficient (Wildman–Crippen LogP) is 3.19. The number of nitrogens with one attached hydrogen (secondary N) is 1. The van der Waals surface area contributed by atoms with Crippen LogP contribution in [-0.4, -0.2) is 49.3 Å². The molecule has 1 aliphatic carbocycles. The van der Waals surface area contributed by atoms with Crippen molar-refractivity contribution in [2.75, 3.05) is 26.2 Å². The molecular weight excluding hydrogens is 248 g/mol. The van der Waals surface area contributed by atoms with E-state index in [0.29, 0.717) is 18.2 Å². The second-order valence-electron chi connectivity index (χ2n) is 6.84. The second-order valence-corrected chi connectivity index (χ2v) is 6.84. The number of ether oxygens (including phenoxy) is 1. The molecule has 1 N–H and O–H groups in total. The molecule has 2 aliphatic rings. The van der Waals surface area contributed by atoms with Crippen LogP contribution in [0.15, 0.2) is 0 Å². The van der Waals surface area contributed by atoms with Crippen molar-refractivity contribution in [2.45, 2.75) is 83.4 Å². The molecule has 0 bridgehead atoms. The summed E-state index contributed by atoms with van der Waals surface area (Å²) in [6.07, 6.45) is 11.2. The quantitative estimate of drug-likeness (QED) is 0.757. The molecule has 0 amide bonds. The minimum Gasteiger partial charge on any atom is -0.377 e. The first-order valence-corrected chi connectivity index (χ1v) is 8.84. The molecule has 20 heavy (non-hydrogen) atoms. The average molecular weight is 282 g/mol. The molecule has 3 nitrogen and oxygen atoms in total. The van der Waals surface area contributed by atoms with Crippen LogP contribution >= 0.6 is 0 Å². The van der Waals surface area contributed by atoms with Crippen LogP contribution in [-0.2, 0) is 4.74 Å². The topological polar surface area (TPSA) is 24.5 Å². The molecule has 118 valence electrons. The van der Waals surface area contributed by atoms with Gasteiger partial charge in [-0.2, -0.15) is 0 Å². The van der Waals surface area contributed by atoms with Crippen LogP contribution in [0.25, 0.3) is 0 Å². The molecule has 3 heteroatoms. The van der Waals surface area contributed by atoms with Crippen molar-refractivity contribution in [2.24, 2.45) is 0 Å². The van der Waals surface area contributed by atoms with E-state index in [1.165, 1.54) is 64.5 Å². The number of rotatable bonds is 6. The van der Waals surface area contributed by atoms with Gasteiger partial charge in [0.05, 0.1) is 12.7 Å². The van der Waals surface area contributed by atoms with Gasteiger partial charge in [-0.15, -0.1) is 0 Å². The van der Waals surface area contributed by atoms with E-state index < -0.39 is 0 Å². The minimum absolute atomic E-state index is 0.552. The van der Waals surface area contributed by atoms with Gasteiger partial charge in [0.25, 0.3) is 0 Å². The largest absolute Gasteiger partial charge is 0.377 e. The minimum atomic E-state index is 0.552. The Morgan fingerprint density at radius 1 is 1.00 bits per heavy atom. The average Bonchev–Trinajstić information content (AvgIpc) is 2.70. The summed E-state index contributed by atoms with van der Waals surface area (Å²) in [6, 6.07) is 1.40. The van der Waals surface area contributed by atoms with Gasteiger partial charge in [-0.05, 0) is 59.0 Å². The van der Waals surface area contributed by atoms with Crippen molar-refractivity contribution in [3.63, 3.8) is 0 Å². The maximum absolute atomic E-state index is 5.99. The number of nitrogens with zero attached hydrogens (tertiary/aromatic N) is 1. The number of hydrogen-bond acceptors (Lipinski definition) is 3. The van der Waals surface area contributed by atoms with Crippen molar-refractivity contribution in [3.05, 3.63) is 0 Å². The zero-order chi connectivity index (χ0) is 14.2. The Hall–Kier alpha value is -0.120. The van der Waals surface area contributed by atoms with E-state index in [0.717, 1.165) is 13.2 Å². The highest BCUT2D eigenvalue weighted by Crippen LogP contribution is 2.20. The van der Waals surface area contributed by atoms with E-state index in [9.17, 15) is 0 Å². The summed E-state index contributed by atoms with van der Waals surface area (Å²) in [7, 11) is 0. The van der Waals surface area contributed by atoms with E-state index in [1.54, 1.807) is 0 Å². The van der Waals surface area contributed by atoms with Crippen LogP contribution in [0.3, 0.4) is 0 Å². The second kappa shape index (κ2) is 9.01. The van der Waals surface area contributed by atoms with Crippen LogP contribution in [0.4, 0.5) is 0 Å². The normalized spacial score (nSPS) is 26.9. The molecule has 1 atom stereocenters.